The van der Waals surface area contributed by atoms with Crippen molar-refractivity contribution in [3.05, 3.63) is 113 Å². The molecule has 7 nitrogen and oxygen atoms in total. The molecule has 1 unspecified atom stereocenters. The highest BCUT2D eigenvalue weighted by atomic mass is 16.5. The van der Waals surface area contributed by atoms with Crippen molar-refractivity contribution in [3.63, 3.8) is 0 Å². The summed E-state index contributed by atoms with van der Waals surface area (Å²) in [7, 11) is 1.62. The van der Waals surface area contributed by atoms with E-state index in [0.717, 1.165) is 39.7 Å². The first-order chi connectivity index (χ1) is 16.6. The Labute approximate surface area is 197 Å². The van der Waals surface area contributed by atoms with E-state index in [-0.39, 0.29) is 5.91 Å². The lowest BCUT2D eigenvalue weighted by Gasteiger charge is -2.13. The number of aliphatic imine (C=N–C) groups is 1. The van der Waals surface area contributed by atoms with Gasteiger partial charge in [0.25, 0.3) is 0 Å². The molecule has 1 amide bonds. The van der Waals surface area contributed by atoms with Crippen LogP contribution in [0.4, 0.5) is 0 Å². The molecule has 0 fully saturated rings. The number of benzene rings is 3. The summed E-state index contributed by atoms with van der Waals surface area (Å²) < 4.78 is 7.13. The molecule has 1 atom stereocenters. The average molecular weight is 450 g/mol. The van der Waals surface area contributed by atoms with Gasteiger partial charge in [0, 0.05) is 17.2 Å². The summed E-state index contributed by atoms with van der Waals surface area (Å²) in [4.78, 5) is 17.9. The van der Waals surface area contributed by atoms with E-state index in [1.165, 1.54) is 6.08 Å². The van der Waals surface area contributed by atoms with Crippen LogP contribution in [-0.4, -0.2) is 33.5 Å². The van der Waals surface area contributed by atoms with Crippen LogP contribution < -0.4 is 10.1 Å². The summed E-state index contributed by atoms with van der Waals surface area (Å²) in [5.41, 5.74) is 4.50. The van der Waals surface area contributed by atoms with Crippen molar-refractivity contribution in [1.82, 2.24) is 20.1 Å². The number of carbonyl (C=O) groups excluding carboxylic acids is 1. The average Bonchev–Trinajstić information content (AvgIpc) is 3.20. The van der Waals surface area contributed by atoms with Gasteiger partial charge < -0.3 is 10.1 Å². The third-order valence-corrected chi connectivity index (χ3v) is 5.62. The second-order valence-electron chi connectivity index (χ2n) is 7.82. The van der Waals surface area contributed by atoms with E-state index in [1.54, 1.807) is 13.2 Å². The molecule has 168 valence electrons. The van der Waals surface area contributed by atoms with Gasteiger partial charge in [-0.1, -0.05) is 60.7 Å². The van der Waals surface area contributed by atoms with Gasteiger partial charge in [-0.2, -0.15) is 0 Å². The monoisotopic (exact) mass is 449 g/mol. The summed E-state index contributed by atoms with van der Waals surface area (Å²) in [5, 5.41) is 11.6. The van der Waals surface area contributed by atoms with Crippen molar-refractivity contribution in [2.24, 2.45) is 4.99 Å². The van der Waals surface area contributed by atoms with E-state index in [4.69, 9.17) is 9.73 Å². The normalized spacial score (nSPS) is 14.6. The lowest BCUT2D eigenvalue weighted by atomic mass is 10.0. The second-order valence-corrected chi connectivity index (χ2v) is 7.82. The summed E-state index contributed by atoms with van der Waals surface area (Å²) >= 11 is 0. The maximum Gasteiger partial charge on any atom is 0.245 e. The number of hydrogen-bond donors (Lipinski definition) is 1. The number of aryl methyl sites for hydroxylation is 1. The Bertz CT molecular complexity index is 1390. The molecule has 0 saturated carbocycles. The molecule has 7 heteroatoms. The molecule has 5 rings (SSSR count). The number of amides is 1. The molecular formula is C27H23N5O2. The van der Waals surface area contributed by atoms with Crippen LogP contribution in [0, 0.1) is 6.92 Å². The molecule has 1 aliphatic heterocycles. The lowest BCUT2D eigenvalue weighted by Crippen LogP contribution is -2.28. The standard InChI is InChI=1S/C27H23N5O2/c1-18-30-31-27-26(28-24(33)17-14-19-12-15-21(34-2)16-13-19)29-25(20-8-4-3-5-9-20)22-10-6-7-11-23(22)32(18)27/h3-17,26H,1-2H3,(H,28,33)/b17-14+. The van der Waals surface area contributed by atoms with Crippen molar-refractivity contribution in [1.29, 1.82) is 0 Å². The topological polar surface area (TPSA) is 81.4 Å². The first-order valence-corrected chi connectivity index (χ1v) is 10.9. The van der Waals surface area contributed by atoms with Crippen LogP contribution in [0.25, 0.3) is 11.8 Å². The van der Waals surface area contributed by atoms with Crippen molar-refractivity contribution in [2.75, 3.05) is 7.11 Å². The summed E-state index contributed by atoms with van der Waals surface area (Å²) in [6.07, 6.45) is 2.53. The van der Waals surface area contributed by atoms with E-state index in [2.05, 4.69) is 15.5 Å². The molecule has 34 heavy (non-hydrogen) atoms. The maximum absolute atomic E-state index is 12.9. The van der Waals surface area contributed by atoms with Gasteiger partial charge >= 0.3 is 0 Å². The van der Waals surface area contributed by atoms with E-state index < -0.39 is 6.17 Å². The predicted octanol–water partition coefficient (Wildman–Crippen LogP) is 4.26. The molecule has 1 aromatic heterocycles. The zero-order valence-corrected chi connectivity index (χ0v) is 18.8. The van der Waals surface area contributed by atoms with E-state index >= 15 is 0 Å². The Hall–Kier alpha value is -4.52. The van der Waals surface area contributed by atoms with Crippen LogP contribution in [0.1, 0.15) is 34.5 Å². The maximum atomic E-state index is 12.9. The Balaban J connectivity index is 1.52. The Morgan fingerprint density at radius 1 is 0.971 bits per heavy atom. The Morgan fingerprint density at radius 2 is 1.71 bits per heavy atom. The minimum atomic E-state index is -0.711. The first kappa shape index (κ1) is 21.3. The fourth-order valence-corrected chi connectivity index (χ4v) is 3.97. The van der Waals surface area contributed by atoms with Gasteiger partial charge in [0.2, 0.25) is 5.91 Å². The molecular weight excluding hydrogens is 426 g/mol. The van der Waals surface area contributed by atoms with E-state index in [0.29, 0.717) is 5.82 Å². The largest absolute Gasteiger partial charge is 0.497 e. The number of hydrogen-bond acceptors (Lipinski definition) is 5. The third-order valence-electron chi connectivity index (χ3n) is 5.62. The zero-order valence-electron chi connectivity index (χ0n) is 18.8. The molecule has 0 bridgehead atoms. The predicted molar refractivity (Wildman–Crippen MR) is 131 cm³/mol. The number of aromatic nitrogens is 3. The van der Waals surface area contributed by atoms with Gasteiger partial charge in [-0.3, -0.25) is 14.4 Å². The quantitative estimate of drug-likeness (QED) is 0.462. The smallest absolute Gasteiger partial charge is 0.245 e. The van der Waals surface area contributed by atoms with Gasteiger partial charge in [-0.05, 0) is 36.8 Å². The van der Waals surface area contributed by atoms with Crippen LogP contribution in [0.15, 0.2) is 89.9 Å². The molecule has 0 aliphatic carbocycles. The van der Waals surface area contributed by atoms with Crippen molar-refractivity contribution < 1.29 is 9.53 Å². The minimum Gasteiger partial charge on any atom is -0.497 e. The van der Waals surface area contributed by atoms with Gasteiger partial charge in [0.05, 0.1) is 18.5 Å². The number of para-hydroxylation sites is 1. The molecule has 1 aliphatic rings. The fourth-order valence-electron chi connectivity index (χ4n) is 3.97. The third kappa shape index (κ3) is 4.11. The second kappa shape index (κ2) is 9.15. The number of fused-ring (bicyclic) bond motifs is 3. The summed E-state index contributed by atoms with van der Waals surface area (Å²) in [5.74, 6) is 1.76. The van der Waals surface area contributed by atoms with Crippen LogP contribution in [0.5, 0.6) is 5.75 Å². The van der Waals surface area contributed by atoms with Crippen LogP contribution in [0.3, 0.4) is 0 Å². The van der Waals surface area contributed by atoms with Gasteiger partial charge in [0.1, 0.15) is 11.6 Å². The molecule has 4 aromatic rings. The van der Waals surface area contributed by atoms with Crippen molar-refractivity contribution in [2.45, 2.75) is 13.1 Å². The van der Waals surface area contributed by atoms with Gasteiger partial charge in [0.15, 0.2) is 12.0 Å². The summed E-state index contributed by atoms with van der Waals surface area (Å²) in [6, 6.07) is 25.4. The van der Waals surface area contributed by atoms with Crippen LogP contribution in [-0.2, 0) is 4.79 Å². The van der Waals surface area contributed by atoms with Crippen LogP contribution in [0.2, 0.25) is 0 Å². The SMILES string of the molecule is COc1ccc(/C=C/C(=O)NC2N=C(c3ccccc3)c3ccccc3-n3c(C)nnc32)cc1. The highest BCUT2D eigenvalue weighted by Crippen LogP contribution is 2.29. The van der Waals surface area contributed by atoms with Crippen LogP contribution >= 0.6 is 0 Å². The zero-order chi connectivity index (χ0) is 23.5. The van der Waals surface area contributed by atoms with E-state index in [9.17, 15) is 4.79 Å². The van der Waals surface area contributed by atoms with Crippen molar-refractivity contribution in [3.8, 4) is 11.4 Å². The molecule has 2 heterocycles. The Kier molecular flexibility index (Phi) is 5.74. The van der Waals surface area contributed by atoms with Gasteiger partial charge in [-0.25, -0.2) is 0 Å². The number of ether oxygens (including phenoxy) is 1. The Morgan fingerprint density at radius 3 is 2.47 bits per heavy atom. The molecule has 1 N–H and O–H groups in total. The highest BCUT2D eigenvalue weighted by Gasteiger charge is 2.28. The molecule has 0 spiro atoms. The lowest BCUT2D eigenvalue weighted by molar-refractivity contribution is -0.117. The summed E-state index contributed by atoms with van der Waals surface area (Å²) in [6.45, 7) is 1.89. The molecule has 0 radical (unpaired) electrons. The van der Waals surface area contributed by atoms with E-state index in [1.807, 2.05) is 90.4 Å². The van der Waals surface area contributed by atoms with Crippen molar-refractivity contribution >= 4 is 17.7 Å². The van der Waals surface area contributed by atoms with Gasteiger partial charge in [-0.15, -0.1) is 10.2 Å². The number of rotatable bonds is 5. The first-order valence-electron chi connectivity index (χ1n) is 10.9. The number of carbonyl (C=O) groups is 1. The number of nitrogens with zero attached hydrogens (tertiary/aromatic N) is 4. The molecule has 3 aromatic carbocycles. The fraction of sp³-hybridized carbons (Fsp3) is 0.111. The number of methoxy groups -OCH3 is 1. The molecule has 0 saturated heterocycles. The highest BCUT2D eigenvalue weighted by molar-refractivity contribution is 6.15. The minimum absolute atomic E-state index is 0.282. The number of nitrogens with one attached hydrogen (secondary N) is 1.